The number of rotatable bonds is 5. The summed E-state index contributed by atoms with van der Waals surface area (Å²) in [6, 6.07) is 7.50. The van der Waals surface area contributed by atoms with Crippen molar-refractivity contribution >= 4 is 21.8 Å². The van der Waals surface area contributed by atoms with Crippen molar-refractivity contribution in [3.05, 3.63) is 34.9 Å². The third kappa shape index (κ3) is 4.74. The van der Waals surface area contributed by atoms with E-state index in [0.29, 0.717) is 31.1 Å². The molecule has 0 amide bonds. The summed E-state index contributed by atoms with van der Waals surface area (Å²) < 4.78 is 28.6. The van der Waals surface area contributed by atoms with Crippen molar-refractivity contribution in [3.8, 4) is 0 Å². The van der Waals surface area contributed by atoms with Crippen LogP contribution in [0.2, 0.25) is 5.02 Å². The highest BCUT2D eigenvalue weighted by Gasteiger charge is 2.21. The van der Waals surface area contributed by atoms with Gasteiger partial charge in [-0.05, 0) is 37.0 Å². The molecular formula is C14H21ClN2O2S. The SMILES string of the molecule is O=S(=O)(NCCc1cccc(Cl)c1)N1CCCCCC1. The first-order valence-corrected chi connectivity index (χ1v) is 8.89. The lowest BCUT2D eigenvalue weighted by Crippen LogP contribution is -2.41. The maximum absolute atomic E-state index is 12.2. The molecular weight excluding hydrogens is 296 g/mol. The summed E-state index contributed by atoms with van der Waals surface area (Å²) in [5, 5.41) is 0.679. The lowest BCUT2D eigenvalue weighted by Gasteiger charge is -2.20. The minimum atomic E-state index is -3.34. The normalized spacial score (nSPS) is 17.9. The van der Waals surface area contributed by atoms with Gasteiger partial charge in [-0.1, -0.05) is 36.6 Å². The van der Waals surface area contributed by atoms with E-state index in [2.05, 4.69) is 4.72 Å². The van der Waals surface area contributed by atoms with Crippen LogP contribution in [0, 0.1) is 0 Å². The largest absolute Gasteiger partial charge is 0.279 e. The molecule has 0 bridgehead atoms. The van der Waals surface area contributed by atoms with E-state index in [4.69, 9.17) is 11.6 Å². The monoisotopic (exact) mass is 316 g/mol. The maximum Gasteiger partial charge on any atom is 0.279 e. The van der Waals surface area contributed by atoms with Crippen LogP contribution in [0.1, 0.15) is 31.2 Å². The van der Waals surface area contributed by atoms with Crippen LogP contribution in [0.5, 0.6) is 0 Å². The fourth-order valence-corrected chi connectivity index (χ4v) is 3.88. The van der Waals surface area contributed by atoms with E-state index in [0.717, 1.165) is 31.2 Å². The van der Waals surface area contributed by atoms with Crippen LogP contribution in [0.4, 0.5) is 0 Å². The highest BCUT2D eigenvalue weighted by Crippen LogP contribution is 2.13. The Morgan fingerprint density at radius 3 is 2.50 bits per heavy atom. The summed E-state index contributed by atoms with van der Waals surface area (Å²) >= 11 is 5.91. The Morgan fingerprint density at radius 2 is 1.85 bits per heavy atom. The van der Waals surface area contributed by atoms with Crippen LogP contribution in [0.15, 0.2) is 24.3 Å². The highest BCUT2D eigenvalue weighted by atomic mass is 35.5. The molecule has 0 unspecified atom stereocenters. The molecule has 1 aromatic carbocycles. The van der Waals surface area contributed by atoms with Gasteiger partial charge in [0.25, 0.3) is 10.2 Å². The standard InChI is InChI=1S/C14H21ClN2O2S/c15-14-7-5-6-13(12-14)8-9-16-20(18,19)17-10-3-1-2-4-11-17/h5-7,12,16H,1-4,8-11H2. The summed E-state index contributed by atoms with van der Waals surface area (Å²) in [7, 11) is -3.34. The van der Waals surface area contributed by atoms with Crippen LogP contribution in [0.3, 0.4) is 0 Å². The van der Waals surface area contributed by atoms with E-state index in [1.54, 1.807) is 4.31 Å². The Morgan fingerprint density at radius 1 is 1.15 bits per heavy atom. The van der Waals surface area contributed by atoms with Gasteiger partial charge in [-0.15, -0.1) is 0 Å². The molecule has 0 atom stereocenters. The van der Waals surface area contributed by atoms with Crippen LogP contribution in [-0.4, -0.2) is 32.4 Å². The average Bonchev–Trinajstić information content (AvgIpc) is 2.68. The molecule has 1 N–H and O–H groups in total. The summed E-state index contributed by atoms with van der Waals surface area (Å²) in [5.41, 5.74) is 1.04. The van der Waals surface area contributed by atoms with Gasteiger partial charge in [0.1, 0.15) is 0 Å². The van der Waals surface area contributed by atoms with Crippen molar-refractivity contribution in [3.63, 3.8) is 0 Å². The van der Waals surface area contributed by atoms with Crippen LogP contribution >= 0.6 is 11.6 Å². The molecule has 2 rings (SSSR count). The zero-order valence-electron chi connectivity index (χ0n) is 11.5. The molecule has 1 aromatic rings. The molecule has 0 radical (unpaired) electrons. The second kappa shape index (κ2) is 7.41. The van der Waals surface area contributed by atoms with Crippen molar-refractivity contribution in [2.24, 2.45) is 0 Å². The summed E-state index contributed by atoms with van der Waals surface area (Å²) in [5.74, 6) is 0. The maximum atomic E-state index is 12.2. The van der Waals surface area contributed by atoms with Crippen molar-refractivity contribution < 1.29 is 8.42 Å². The Bertz CT molecular complexity index is 526. The third-order valence-electron chi connectivity index (χ3n) is 3.49. The Balaban J connectivity index is 1.85. The zero-order valence-corrected chi connectivity index (χ0v) is 13.1. The van der Waals surface area contributed by atoms with Crippen molar-refractivity contribution in [2.45, 2.75) is 32.1 Å². The highest BCUT2D eigenvalue weighted by molar-refractivity contribution is 7.87. The quantitative estimate of drug-likeness (QED) is 0.907. The lowest BCUT2D eigenvalue weighted by atomic mass is 10.2. The van der Waals surface area contributed by atoms with Gasteiger partial charge in [0, 0.05) is 24.7 Å². The molecule has 4 nitrogen and oxygen atoms in total. The fraction of sp³-hybridized carbons (Fsp3) is 0.571. The smallest absolute Gasteiger partial charge is 0.202 e. The molecule has 20 heavy (non-hydrogen) atoms. The van der Waals surface area contributed by atoms with Gasteiger partial charge >= 0.3 is 0 Å². The Labute approximate surface area is 126 Å². The topological polar surface area (TPSA) is 49.4 Å². The van der Waals surface area contributed by atoms with Gasteiger partial charge in [-0.2, -0.15) is 12.7 Å². The Hall–Kier alpha value is -0.620. The molecule has 1 fully saturated rings. The van der Waals surface area contributed by atoms with Gasteiger partial charge < -0.3 is 0 Å². The van der Waals surface area contributed by atoms with E-state index in [-0.39, 0.29) is 0 Å². The number of benzene rings is 1. The first kappa shape index (κ1) is 15.8. The molecule has 0 aromatic heterocycles. The minimum Gasteiger partial charge on any atom is -0.202 e. The van der Waals surface area contributed by atoms with E-state index < -0.39 is 10.2 Å². The molecule has 112 valence electrons. The zero-order chi connectivity index (χ0) is 14.4. The fourth-order valence-electron chi connectivity index (χ4n) is 2.39. The van der Waals surface area contributed by atoms with Gasteiger partial charge in [-0.25, -0.2) is 4.72 Å². The Kier molecular flexibility index (Phi) is 5.84. The van der Waals surface area contributed by atoms with Gasteiger partial charge in [0.05, 0.1) is 0 Å². The number of nitrogens with one attached hydrogen (secondary N) is 1. The van der Waals surface area contributed by atoms with E-state index in [1.165, 1.54) is 0 Å². The van der Waals surface area contributed by atoms with Crippen LogP contribution in [-0.2, 0) is 16.6 Å². The second-order valence-electron chi connectivity index (χ2n) is 5.09. The second-order valence-corrected chi connectivity index (χ2v) is 7.28. The molecule has 1 saturated heterocycles. The predicted molar refractivity (Wildman–Crippen MR) is 82.1 cm³/mol. The van der Waals surface area contributed by atoms with Crippen LogP contribution < -0.4 is 4.72 Å². The lowest BCUT2D eigenvalue weighted by molar-refractivity contribution is 0.415. The summed E-state index contributed by atoms with van der Waals surface area (Å²) in [6.45, 7) is 1.66. The van der Waals surface area contributed by atoms with Crippen LogP contribution in [0.25, 0.3) is 0 Å². The molecule has 0 spiro atoms. The molecule has 1 heterocycles. The van der Waals surface area contributed by atoms with E-state index in [9.17, 15) is 8.42 Å². The predicted octanol–water partition coefficient (Wildman–Crippen LogP) is 2.59. The third-order valence-corrected chi connectivity index (χ3v) is 5.34. The number of halogens is 1. The summed E-state index contributed by atoms with van der Waals surface area (Å²) in [6.07, 6.45) is 4.79. The number of hydrogen-bond acceptors (Lipinski definition) is 2. The van der Waals surface area contributed by atoms with Crippen molar-refractivity contribution in [1.29, 1.82) is 0 Å². The molecule has 6 heteroatoms. The molecule has 1 aliphatic heterocycles. The first-order valence-electron chi connectivity index (χ1n) is 7.07. The van der Waals surface area contributed by atoms with Crippen molar-refractivity contribution in [1.82, 2.24) is 9.03 Å². The van der Waals surface area contributed by atoms with Gasteiger partial charge in [0.15, 0.2) is 0 Å². The van der Waals surface area contributed by atoms with E-state index >= 15 is 0 Å². The van der Waals surface area contributed by atoms with Gasteiger partial charge in [0.2, 0.25) is 0 Å². The molecule has 1 aliphatic rings. The van der Waals surface area contributed by atoms with Gasteiger partial charge in [-0.3, -0.25) is 0 Å². The average molecular weight is 317 g/mol. The van der Waals surface area contributed by atoms with Crippen molar-refractivity contribution in [2.75, 3.05) is 19.6 Å². The van der Waals surface area contributed by atoms with E-state index in [1.807, 2.05) is 24.3 Å². The minimum absolute atomic E-state index is 0.402. The molecule has 0 saturated carbocycles. The summed E-state index contributed by atoms with van der Waals surface area (Å²) in [4.78, 5) is 0. The first-order chi connectivity index (χ1) is 9.58. The number of hydrogen-bond donors (Lipinski definition) is 1. The number of nitrogens with zero attached hydrogens (tertiary/aromatic N) is 1. The molecule has 0 aliphatic carbocycles.